The van der Waals surface area contributed by atoms with Gasteiger partial charge in [-0.2, -0.15) is 0 Å². The van der Waals surface area contributed by atoms with Crippen molar-refractivity contribution >= 4 is 23.2 Å². The second kappa shape index (κ2) is 4.10. The van der Waals surface area contributed by atoms with Crippen molar-refractivity contribution in [2.45, 2.75) is 13.8 Å². The molecule has 0 bridgehead atoms. The molecule has 6 heteroatoms. The summed E-state index contributed by atoms with van der Waals surface area (Å²) in [5.74, 6) is 0.917. The third kappa shape index (κ3) is 2.46. The van der Waals surface area contributed by atoms with E-state index in [0.717, 1.165) is 0 Å². The van der Waals surface area contributed by atoms with Crippen molar-refractivity contribution in [3.05, 3.63) is 23.2 Å². The zero-order valence-electron chi connectivity index (χ0n) is 7.88. The summed E-state index contributed by atoms with van der Waals surface area (Å²) in [6.45, 7) is 3.48. The highest BCUT2D eigenvalue weighted by Crippen LogP contribution is 2.12. The molecule has 1 heterocycles. The number of furan rings is 1. The third-order valence-corrected chi connectivity index (χ3v) is 1.69. The summed E-state index contributed by atoms with van der Waals surface area (Å²) in [6.07, 6.45) is 0. The highest BCUT2D eigenvalue weighted by atomic mass is 32.1. The number of thiocarbonyl (C=S) groups is 1. The Bertz CT molecular complexity index is 373. The number of hydrogen-bond donors (Lipinski definition) is 3. The van der Waals surface area contributed by atoms with Gasteiger partial charge in [0.25, 0.3) is 5.91 Å². The Labute approximate surface area is 86.6 Å². The molecule has 0 saturated carbocycles. The first-order valence-corrected chi connectivity index (χ1v) is 4.34. The van der Waals surface area contributed by atoms with Gasteiger partial charge < -0.3 is 10.2 Å². The van der Waals surface area contributed by atoms with Gasteiger partial charge >= 0.3 is 0 Å². The van der Waals surface area contributed by atoms with Gasteiger partial charge in [0.15, 0.2) is 5.11 Å². The van der Waals surface area contributed by atoms with Gasteiger partial charge in [-0.25, -0.2) is 0 Å². The van der Waals surface area contributed by atoms with Crippen LogP contribution in [0, 0.1) is 13.8 Å². The van der Waals surface area contributed by atoms with Crippen LogP contribution in [0.5, 0.6) is 0 Å². The maximum atomic E-state index is 11.4. The van der Waals surface area contributed by atoms with E-state index in [9.17, 15) is 4.79 Å². The first-order valence-electron chi connectivity index (χ1n) is 3.93. The number of carbonyl (C=O) groups is 1. The van der Waals surface area contributed by atoms with Crippen molar-refractivity contribution in [3.8, 4) is 0 Å². The van der Waals surface area contributed by atoms with E-state index in [2.05, 4.69) is 23.1 Å². The van der Waals surface area contributed by atoms with E-state index >= 15 is 0 Å². The molecule has 0 unspecified atom stereocenters. The van der Waals surface area contributed by atoms with Crippen LogP contribution in [0.4, 0.5) is 0 Å². The zero-order chi connectivity index (χ0) is 10.7. The van der Waals surface area contributed by atoms with Gasteiger partial charge in [0.1, 0.15) is 11.5 Å². The van der Waals surface area contributed by atoms with Crippen molar-refractivity contribution in [1.82, 2.24) is 10.9 Å². The normalized spacial score (nSPS) is 9.57. The molecule has 0 aliphatic heterocycles. The Balaban J connectivity index is 2.69. The number of hydrogen-bond acceptors (Lipinski definition) is 3. The molecule has 5 nitrogen and oxygen atoms in total. The average Bonchev–Trinajstić information content (AvgIpc) is 2.41. The molecule has 0 saturated heterocycles. The van der Waals surface area contributed by atoms with Crippen molar-refractivity contribution < 1.29 is 9.21 Å². The molecule has 0 atom stereocenters. The SMILES string of the molecule is Cc1cc(C(=O)NNC(N)=S)c(C)o1. The van der Waals surface area contributed by atoms with E-state index in [0.29, 0.717) is 17.1 Å². The maximum absolute atomic E-state index is 11.4. The van der Waals surface area contributed by atoms with Crippen LogP contribution < -0.4 is 16.6 Å². The highest BCUT2D eigenvalue weighted by molar-refractivity contribution is 7.80. The Hall–Kier alpha value is -1.56. The van der Waals surface area contributed by atoms with Crippen LogP contribution in [-0.4, -0.2) is 11.0 Å². The first kappa shape index (κ1) is 10.5. The second-order valence-electron chi connectivity index (χ2n) is 2.77. The lowest BCUT2D eigenvalue weighted by atomic mass is 10.2. The summed E-state index contributed by atoms with van der Waals surface area (Å²) < 4.78 is 5.19. The number of nitrogens with two attached hydrogens (primary N) is 1. The fourth-order valence-corrected chi connectivity index (χ4v) is 1.09. The van der Waals surface area contributed by atoms with Gasteiger partial charge in [0.05, 0.1) is 5.56 Å². The highest BCUT2D eigenvalue weighted by Gasteiger charge is 2.12. The van der Waals surface area contributed by atoms with Crippen molar-refractivity contribution in [2.75, 3.05) is 0 Å². The monoisotopic (exact) mass is 213 g/mol. The van der Waals surface area contributed by atoms with E-state index in [1.165, 1.54) is 0 Å². The molecule has 14 heavy (non-hydrogen) atoms. The number of carbonyl (C=O) groups excluding carboxylic acids is 1. The molecular weight excluding hydrogens is 202 g/mol. The second-order valence-corrected chi connectivity index (χ2v) is 3.21. The molecule has 0 spiro atoms. The molecule has 0 aromatic carbocycles. The fourth-order valence-electron chi connectivity index (χ4n) is 1.04. The van der Waals surface area contributed by atoms with E-state index in [1.54, 1.807) is 19.9 Å². The predicted octanol–water partition coefficient (Wildman–Crippen LogP) is 0.374. The minimum absolute atomic E-state index is 0.0104. The van der Waals surface area contributed by atoms with E-state index in [4.69, 9.17) is 10.2 Å². The minimum Gasteiger partial charge on any atom is -0.466 e. The van der Waals surface area contributed by atoms with Crippen LogP contribution in [0.25, 0.3) is 0 Å². The van der Waals surface area contributed by atoms with E-state index in [1.807, 2.05) is 0 Å². The summed E-state index contributed by atoms with van der Waals surface area (Å²) >= 11 is 4.53. The average molecular weight is 213 g/mol. The van der Waals surface area contributed by atoms with Gasteiger partial charge in [-0.3, -0.25) is 15.6 Å². The van der Waals surface area contributed by atoms with Crippen LogP contribution in [0.2, 0.25) is 0 Å². The molecule has 0 radical (unpaired) electrons. The van der Waals surface area contributed by atoms with Crippen molar-refractivity contribution in [3.63, 3.8) is 0 Å². The quantitative estimate of drug-likeness (QED) is 0.464. The summed E-state index contributed by atoms with van der Waals surface area (Å²) in [5, 5.41) is 0.0104. The zero-order valence-corrected chi connectivity index (χ0v) is 8.70. The Morgan fingerprint density at radius 3 is 2.57 bits per heavy atom. The molecule has 1 aromatic rings. The molecular formula is C8H11N3O2S. The molecule has 1 aromatic heterocycles. The number of amides is 1. The number of aryl methyl sites for hydroxylation is 2. The molecule has 1 amide bonds. The third-order valence-electron chi connectivity index (χ3n) is 1.58. The molecule has 0 fully saturated rings. The van der Waals surface area contributed by atoms with Gasteiger partial charge in [-0.1, -0.05) is 0 Å². The number of hydrazine groups is 1. The lowest BCUT2D eigenvalue weighted by Gasteiger charge is -2.04. The summed E-state index contributed by atoms with van der Waals surface area (Å²) in [4.78, 5) is 11.4. The molecule has 1 rings (SSSR count). The van der Waals surface area contributed by atoms with E-state index < -0.39 is 0 Å². The number of nitrogens with one attached hydrogen (secondary N) is 2. The lowest BCUT2D eigenvalue weighted by molar-refractivity contribution is 0.0942. The lowest BCUT2D eigenvalue weighted by Crippen LogP contribution is -2.44. The van der Waals surface area contributed by atoms with Crippen molar-refractivity contribution in [1.29, 1.82) is 0 Å². The smallest absolute Gasteiger partial charge is 0.273 e. The van der Waals surface area contributed by atoms with Crippen LogP contribution >= 0.6 is 12.2 Å². The van der Waals surface area contributed by atoms with Gasteiger partial charge in [-0.05, 0) is 32.1 Å². The summed E-state index contributed by atoms with van der Waals surface area (Å²) in [6, 6.07) is 1.64. The van der Waals surface area contributed by atoms with Crippen molar-refractivity contribution in [2.24, 2.45) is 5.73 Å². The Kier molecular flexibility index (Phi) is 3.08. The number of rotatable bonds is 1. The van der Waals surface area contributed by atoms with E-state index in [-0.39, 0.29) is 11.0 Å². The van der Waals surface area contributed by atoms with Crippen LogP contribution in [0.1, 0.15) is 21.9 Å². The Morgan fingerprint density at radius 1 is 1.50 bits per heavy atom. The van der Waals surface area contributed by atoms with Gasteiger partial charge in [0, 0.05) is 0 Å². The topological polar surface area (TPSA) is 80.3 Å². The molecule has 0 aliphatic rings. The molecule has 4 N–H and O–H groups in total. The van der Waals surface area contributed by atoms with Gasteiger partial charge in [0.2, 0.25) is 0 Å². The fraction of sp³-hybridized carbons (Fsp3) is 0.250. The van der Waals surface area contributed by atoms with Crippen LogP contribution in [0.15, 0.2) is 10.5 Å². The molecule has 76 valence electrons. The molecule has 0 aliphatic carbocycles. The van der Waals surface area contributed by atoms with Gasteiger partial charge in [-0.15, -0.1) is 0 Å². The van der Waals surface area contributed by atoms with Crippen LogP contribution in [-0.2, 0) is 0 Å². The summed E-state index contributed by atoms with van der Waals surface area (Å²) in [7, 11) is 0. The minimum atomic E-state index is -0.327. The Morgan fingerprint density at radius 2 is 2.14 bits per heavy atom. The predicted molar refractivity (Wildman–Crippen MR) is 55.6 cm³/mol. The summed E-state index contributed by atoms with van der Waals surface area (Å²) in [5.41, 5.74) is 10.3. The first-order chi connectivity index (χ1) is 6.50. The standard InChI is InChI=1S/C8H11N3O2S/c1-4-3-6(5(2)13-4)7(12)10-11-8(9)14/h3H,1-2H3,(H,10,12)(H3,9,11,14). The van der Waals surface area contributed by atoms with Crippen LogP contribution in [0.3, 0.4) is 0 Å². The maximum Gasteiger partial charge on any atom is 0.273 e. The largest absolute Gasteiger partial charge is 0.466 e.